The summed E-state index contributed by atoms with van der Waals surface area (Å²) >= 11 is 0. The first-order chi connectivity index (χ1) is 6.69. The van der Waals surface area contributed by atoms with Gasteiger partial charge >= 0.3 is 21.2 Å². The van der Waals surface area contributed by atoms with Gasteiger partial charge in [-0.3, -0.25) is 9.13 Å². The third kappa shape index (κ3) is 2.08. The van der Waals surface area contributed by atoms with E-state index in [4.69, 9.17) is 24.7 Å². The molecule has 0 rings (SSSR count). The van der Waals surface area contributed by atoms with Crippen molar-refractivity contribution >= 4 is 21.2 Å². The van der Waals surface area contributed by atoms with Crippen molar-refractivity contribution in [3.8, 4) is 0 Å². The Kier molecular flexibility index (Phi) is 3.82. The van der Waals surface area contributed by atoms with E-state index in [0.29, 0.717) is 13.8 Å². The maximum absolute atomic E-state index is 11.0. The molecule has 16 heavy (non-hydrogen) atoms. The average molecular weight is 278 g/mol. The van der Waals surface area contributed by atoms with Gasteiger partial charge in [0.25, 0.3) is 0 Å². The van der Waals surface area contributed by atoms with E-state index in [2.05, 4.69) is 0 Å². The van der Waals surface area contributed by atoms with E-state index in [1.54, 1.807) is 0 Å². The summed E-state index contributed by atoms with van der Waals surface area (Å²) in [4.78, 5) is 42.6. The second kappa shape index (κ2) is 3.89. The van der Waals surface area contributed by atoms with Crippen molar-refractivity contribution in [1.29, 1.82) is 0 Å². The predicted molar refractivity (Wildman–Crippen MR) is 50.8 cm³/mol. The highest BCUT2D eigenvalue weighted by molar-refractivity contribution is 7.72. The summed E-state index contributed by atoms with van der Waals surface area (Å²) in [6.07, 6.45) is 0. The molecule has 9 nitrogen and oxygen atoms in total. The van der Waals surface area contributed by atoms with Crippen LogP contribution < -0.4 is 0 Å². The zero-order chi connectivity index (χ0) is 13.6. The van der Waals surface area contributed by atoms with E-state index in [0.717, 1.165) is 0 Å². The Bertz CT molecular complexity index is 365. The fourth-order valence-corrected chi connectivity index (χ4v) is 3.62. The van der Waals surface area contributed by atoms with Crippen molar-refractivity contribution < 1.29 is 43.7 Å². The van der Waals surface area contributed by atoms with E-state index in [-0.39, 0.29) is 0 Å². The largest absolute Gasteiger partial charge is 0.479 e. The summed E-state index contributed by atoms with van der Waals surface area (Å²) < 4.78 is 22.1. The quantitative estimate of drug-likeness (QED) is 0.348. The van der Waals surface area contributed by atoms with Crippen LogP contribution >= 0.6 is 15.2 Å². The minimum absolute atomic E-state index is 0.322. The topological polar surface area (TPSA) is 173 Å². The lowest BCUT2D eigenvalue weighted by molar-refractivity contribution is -0.158. The molecule has 1 atom stereocenters. The van der Waals surface area contributed by atoms with Gasteiger partial charge in [-0.1, -0.05) is 0 Å². The zero-order valence-corrected chi connectivity index (χ0v) is 10.1. The van der Waals surface area contributed by atoms with Crippen LogP contribution in [0.4, 0.5) is 0 Å². The molecule has 0 aromatic heterocycles. The molecule has 6 N–H and O–H groups in total. The maximum Gasteiger partial charge on any atom is 0.347 e. The van der Waals surface area contributed by atoms with Crippen LogP contribution in [0.15, 0.2) is 0 Å². The minimum Gasteiger partial charge on any atom is -0.479 e. The Morgan fingerprint density at radius 3 is 1.31 bits per heavy atom. The highest BCUT2D eigenvalue weighted by Gasteiger charge is 2.70. The molecule has 0 aromatic rings. The lowest BCUT2D eigenvalue weighted by Crippen LogP contribution is -2.54. The third-order valence-electron chi connectivity index (χ3n) is 2.47. The Morgan fingerprint density at radius 1 is 1.00 bits per heavy atom. The van der Waals surface area contributed by atoms with Crippen LogP contribution in [0.3, 0.4) is 0 Å². The molecule has 0 aliphatic heterocycles. The van der Waals surface area contributed by atoms with Crippen LogP contribution in [0.25, 0.3) is 0 Å². The van der Waals surface area contributed by atoms with Gasteiger partial charge in [0.05, 0.1) is 0 Å². The second-order valence-corrected chi connectivity index (χ2v) is 7.80. The summed E-state index contributed by atoms with van der Waals surface area (Å²) in [7, 11) is -11.2. The first kappa shape index (κ1) is 15.7. The number of aliphatic carboxylic acids is 1. The van der Waals surface area contributed by atoms with Gasteiger partial charge in [-0.15, -0.1) is 0 Å². The molecule has 0 amide bonds. The van der Waals surface area contributed by atoms with Gasteiger partial charge in [-0.2, -0.15) is 0 Å². The molecular formula is C5H12O9P2. The maximum atomic E-state index is 11.0. The molecule has 0 aromatic carbocycles. The Labute approximate surface area is 90.1 Å². The molecule has 0 aliphatic carbocycles. The average Bonchev–Trinajstić information content (AvgIpc) is 1.97. The number of hydrogen-bond acceptors (Lipinski definition) is 4. The highest BCUT2D eigenvalue weighted by Crippen LogP contribution is 2.72. The molecular weight excluding hydrogens is 266 g/mol. The van der Waals surface area contributed by atoms with Gasteiger partial charge in [-0.05, 0) is 13.8 Å². The fourth-order valence-electron chi connectivity index (χ4n) is 0.939. The van der Waals surface area contributed by atoms with Crippen molar-refractivity contribution in [2.24, 2.45) is 0 Å². The minimum atomic E-state index is -5.58. The Morgan fingerprint density at radius 2 is 1.25 bits per heavy atom. The fraction of sp³-hybridized carbons (Fsp3) is 0.800. The van der Waals surface area contributed by atoms with Crippen LogP contribution in [0.5, 0.6) is 0 Å². The lowest BCUT2D eigenvalue weighted by atomic mass is 10.0. The molecule has 1 unspecified atom stereocenters. The van der Waals surface area contributed by atoms with Gasteiger partial charge < -0.3 is 29.8 Å². The molecule has 96 valence electrons. The monoisotopic (exact) mass is 278 g/mol. The number of hydrogen-bond donors (Lipinski definition) is 6. The van der Waals surface area contributed by atoms with E-state index < -0.39 is 31.7 Å². The SMILES string of the molecule is CC(O)(C(=O)O)C(C)(P(=O)(O)O)P(=O)(O)O. The van der Waals surface area contributed by atoms with Gasteiger partial charge in [0, 0.05) is 0 Å². The Balaban J connectivity index is 6.14. The van der Waals surface area contributed by atoms with Crippen molar-refractivity contribution in [3.63, 3.8) is 0 Å². The van der Waals surface area contributed by atoms with Gasteiger partial charge in [0.2, 0.25) is 4.90 Å². The van der Waals surface area contributed by atoms with Crippen LogP contribution in [0, 0.1) is 0 Å². The molecule has 0 radical (unpaired) electrons. The van der Waals surface area contributed by atoms with E-state index in [9.17, 15) is 19.0 Å². The molecule has 0 aliphatic rings. The van der Waals surface area contributed by atoms with E-state index >= 15 is 0 Å². The van der Waals surface area contributed by atoms with Crippen LogP contribution in [-0.2, 0) is 13.9 Å². The molecule has 0 heterocycles. The van der Waals surface area contributed by atoms with Gasteiger partial charge in [0.15, 0.2) is 5.60 Å². The summed E-state index contributed by atoms with van der Waals surface area (Å²) in [5.41, 5.74) is -3.29. The van der Waals surface area contributed by atoms with Gasteiger partial charge in [0.1, 0.15) is 0 Å². The number of carbonyl (C=O) groups is 1. The molecule has 0 saturated carbocycles. The number of carboxylic acids is 1. The predicted octanol–water partition coefficient (Wildman–Crippen LogP) is -1.11. The normalized spacial score (nSPS) is 17.9. The highest BCUT2D eigenvalue weighted by atomic mass is 31.2. The third-order valence-corrected chi connectivity index (χ3v) is 7.18. The molecule has 0 saturated heterocycles. The first-order valence-electron chi connectivity index (χ1n) is 3.76. The summed E-state index contributed by atoms with van der Waals surface area (Å²) in [6, 6.07) is 0. The van der Waals surface area contributed by atoms with Crippen molar-refractivity contribution in [2.45, 2.75) is 24.3 Å². The molecule has 0 spiro atoms. The molecule has 11 heteroatoms. The number of rotatable bonds is 4. The Hall–Kier alpha value is -0.270. The van der Waals surface area contributed by atoms with Crippen LogP contribution in [0.1, 0.15) is 13.8 Å². The first-order valence-corrected chi connectivity index (χ1v) is 6.99. The standard InChI is InChI=1S/C5H12O9P2/c1-4(8,3(6)7)5(2,15(9,10)11)16(12,13)14/h8H,1-2H3,(H,6,7)(H2,9,10,11)(H2,12,13,14). The summed E-state index contributed by atoms with van der Waals surface area (Å²) in [5.74, 6) is -2.15. The summed E-state index contributed by atoms with van der Waals surface area (Å²) in [6.45, 7) is 0.732. The van der Waals surface area contributed by atoms with Crippen molar-refractivity contribution in [1.82, 2.24) is 0 Å². The van der Waals surface area contributed by atoms with Crippen LogP contribution in [0.2, 0.25) is 0 Å². The zero-order valence-electron chi connectivity index (χ0n) is 8.30. The van der Waals surface area contributed by atoms with Gasteiger partial charge in [-0.25, -0.2) is 4.79 Å². The second-order valence-electron chi connectivity index (χ2n) is 3.49. The van der Waals surface area contributed by atoms with Crippen molar-refractivity contribution in [2.75, 3.05) is 0 Å². The smallest absolute Gasteiger partial charge is 0.347 e. The van der Waals surface area contributed by atoms with E-state index in [1.807, 2.05) is 0 Å². The number of carboxylic acid groups (broad SMARTS) is 1. The molecule has 0 bridgehead atoms. The van der Waals surface area contributed by atoms with Crippen molar-refractivity contribution in [3.05, 3.63) is 0 Å². The summed E-state index contributed by atoms with van der Waals surface area (Å²) in [5, 5.41) is 18.0. The molecule has 0 fully saturated rings. The van der Waals surface area contributed by atoms with Crippen LogP contribution in [-0.4, -0.2) is 46.3 Å². The lowest BCUT2D eigenvalue weighted by Gasteiger charge is -2.39. The number of aliphatic hydroxyl groups is 1. The van der Waals surface area contributed by atoms with E-state index in [1.165, 1.54) is 0 Å².